The third-order valence-electron chi connectivity index (χ3n) is 3.26. The molecule has 0 spiro atoms. The van der Waals surface area contributed by atoms with Gasteiger partial charge < -0.3 is 5.32 Å². The highest BCUT2D eigenvalue weighted by Crippen LogP contribution is 2.15. The van der Waals surface area contributed by atoms with Crippen molar-refractivity contribution in [2.75, 3.05) is 18.8 Å². The number of nitrogens with one attached hydrogen (secondary N) is 1. The molecule has 1 saturated heterocycles. The average Bonchev–Trinajstić information content (AvgIpc) is 2.34. The topological polar surface area (TPSA) is 42.0 Å². The Labute approximate surface area is 109 Å². The number of para-hydroxylation sites is 1. The highest BCUT2D eigenvalue weighted by atomic mass is 32.2. The molecule has 1 atom stereocenters. The molecule has 1 aliphatic heterocycles. The zero-order valence-corrected chi connectivity index (χ0v) is 11.0. The maximum atomic E-state index is 12.0. The maximum Gasteiger partial charge on any atom is 0.0702 e. The standard InChI is InChI=1S/C14H16N2OS/c17-18(10-12-6-15-7-12)9-11-5-13-3-1-2-4-14(13)16-8-11/h1-5,8,12,15H,6-7,9-10H2. The Morgan fingerprint density at radius 3 is 2.94 bits per heavy atom. The fourth-order valence-corrected chi connectivity index (χ4v) is 3.58. The van der Waals surface area contributed by atoms with Crippen molar-refractivity contribution in [2.45, 2.75) is 5.75 Å². The third kappa shape index (κ3) is 2.60. The first kappa shape index (κ1) is 11.8. The molecule has 1 aromatic heterocycles. The van der Waals surface area contributed by atoms with E-state index in [1.165, 1.54) is 0 Å². The number of fused-ring (bicyclic) bond motifs is 1. The number of hydrogen-bond donors (Lipinski definition) is 1. The number of nitrogens with zero attached hydrogens (tertiary/aromatic N) is 1. The Hall–Kier alpha value is -1.26. The van der Waals surface area contributed by atoms with E-state index in [1.54, 1.807) is 0 Å². The molecule has 2 aromatic rings. The van der Waals surface area contributed by atoms with E-state index in [9.17, 15) is 4.21 Å². The molecule has 1 unspecified atom stereocenters. The second kappa shape index (κ2) is 5.16. The summed E-state index contributed by atoms with van der Waals surface area (Å²) in [6.45, 7) is 2.03. The van der Waals surface area contributed by atoms with Crippen LogP contribution in [0.15, 0.2) is 36.5 Å². The van der Waals surface area contributed by atoms with Crippen LogP contribution < -0.4 is 5.32 Å². The Morgan fingerprint density at radius 2 is 2.17 bits per heavy atom. The normalized spacial score (nSPS) is 17.6. The molecule has 1 aliphatic rings. The van der Waals surface area contributed by atoms with Gasteiger partial charge in [-0.05, 0) is 23.6 Å². The summed E-state index contributed by atoms with van der Waals surface area (Å²) in [7, 11) is -0.773. The summed E-state index contributed by atoms with van der Waals surface area (Å²) >= 11 is 0. The molecule has 3 nitrogen and oxygen atoms in total. The molecule has 2 heterocycles. The van der Waals surface area contributed by atoms with Crippen molar-refractivity contribution in [1.82, 2.24) is 10.3 Å². The molecular weight excluding hydrogens is 244 g/mol. The molecule has 1 N–H and O–H groups in total. The van der Waals surface area contributed by atoms with Crippen LogP contribution in [-0.4, -0.2) is 28.0 Å². The van der Waals surface area contributed by atoms with Crippen LogP contribution in [-0.2, 0) is 16.6 Å². The summed E-state index contributed by atoms with van der Waals surface area (Å²) < 4.78 is 12.0. The first-order valence-corrected chi connectivity index (χ1v) is 7.69. The van der Waals surface area contributed by atoms with E-state index in [0.717, 1.165) is 35.3 Å². The molecular formula is C14H16N2OS. The molecule has 1 fully saturated rings. The van der Waals surface area contributed by atoms with Gasteiger partial charge in [0.25, 0.3) is 0 Å². The first-order chi connectivity index (χ1) is 8.81. The van der Waals surface area contributed by atoms with Crippen molar-refractivity contribution >= 4 is 21.7 Å². The molecule has 4 heteroatoms. The Bertz CT molecular complexity index is 581. The van der Waals surface area contributed by atoms with Crippen molar-refractivity contribution in [2.24, 2.45) is 5.92 Å². The summed E-state index contributed by atoms with van der Waals surface area (Å²) in [4.78, 5) is 4.40. The largest absolute Gasteiger partial charge is 0.316 e. The van der Waals surface area contributed by atoms with E-state index in [1.807, 2.05) is 30.5 Å². The van der Waals surface area contributed by atoms with Gasteiger partial charge >= 0.3 is 0 Å². The number of rotatable bonds is 4. The van der Waals surface area contributed by atoms with Gasteiger partial charge in [0, 0.05) is 41.2 Å². The predicted octanol–water partition coefficient (Wildman–Crippen LogP) is 1.70. The first-order valence-electron chi connectivity index (χ1n) is 6.20. The summed E-state index contributed by atoms with van der Waals surface area (Å²) in [5, 5.41) is 4.33. The quantitative estimate of drug-likeness (QED) is 0.910. The minimum atomic E-state index is -0.773. The van der Waals surface area contributed by atoms with Gasteiger partial charge in [0.1, 0.15) is 0 Å². The van der Waals surface area contributed by atoms with Crippen LogP contribution in [0.4, 0.5) is 0 Å². The number of pyridine rings is 1. The van der Waals surface area contributed by atoms with E-state index in [0.29, 0.717) is 11.7 Å². The Kier molecular flexibility index (Phi) is 3.39. The molecule has 0 aliphatic carbocycles. The summed E-state index contributed by atoms with van der Waals surface area (Å²) in [6, 6.07) is 10.1. The number of hydrogen-bond acceptors (Lipinski definition) is 3. The zero-order valence-electron chi connectivity index (χ0n) is 10.1. The van der Waals surface area contributed by atoms with E-state index in [2.05, 4.69) is 16.4 Å². The predicted molar refractivity (Wildman–Crippen MR) is 74.8 cm³/mol. The van der Waals surface area contributed by atoms with E-state index in [-0.39, 0.29) is 0 Å². The van der Waals surface area contributed by atoms with Crippen LogP contribution in [0.5, 0.6) is 0 Å². The summed E-state index contributed by atoms with van der Waals surface area (Å²) in [5.74, 6) is 2.02. The van der Waals surface area contributed by atoms with Gasteiger partial charge in [0.15, 0.2) is 0 Å². The lowest BCUT2D eigenvalue weighted by Gasteiger charge is -2.26. The van der Waals surface area contributed by atoms with E-state index < -0.39 is 10.8 Å². The molecule has 94 valence electrons. The van der Waals surface area contributed by atoms with Gasteiger partial charge in [-0.2, -0.15) is 0 Å². The summed E-state index contributed by atoms with van der Waals surface area (Å²) in [6.07, 6.45) is 1.85. The van der Waals surface area contributed by atoms with Crippen LogP contribution in [0.25, 0.3) is 10.9 Å². The fraction of sp³-hybridized carbons (Fsp3) is 0.357. The van der Waals surface area contributed by atoms with Crippen molar-refractivity contribution in [1.29, 1.82) is 0 Å². The van der Waals surface area contributed by atoms with Gasteiger partial charge in [0.2, 0.25) is 0 Å². The minimum Gasteiger partial charge on any atom is -0.316 e. The highest BCUT2D eigenvalue weighted by molar-refractivity contribution is 7.84. The molecule has 0 amide bonds. The van der Waals surface area contributed by atoms with E-state index >= 15 is 0 Å². The third-order valence-corrected chi connectivity index (χ3v) is 4.76. The fourth-order valence-electron chi connectivity index (χ4n) is 2.17. The number of aromatic nitrogens is 1. The van der Waals surface area contributed by atoms with Gasteiger partial charge in [-0.25, -0.2) is 0 Å². The molecule has 3 rings (SSSR count). The Balaban J connectivity index is 1.71. The van der Waals surface area contributed by atoms with Crippen LogP contribution >= 0.6 is 0 Å². The van der Waals surface area contributed by atoms with Gasteiger partial charge in [-0.15, -0.1) is 0 Å². The van der Waals surface area contributed by atoms with Crippen molar-refractivity contribution < 1.29 is 4.21 Å². The molecule has 0 radical (unpaired) electrons. The lowest BCUT2D eigenvalue weighted by atomic mass is 10.1. The van der Waals surface area contributed by atoms with Crippen LogP contribution in [0.3, 0.4) is 0 Å². The van der Waals surface area contributed by atoms with Crippen LogP contribution in [0.1, 0.15) is 5.56 Å². The smallest absolute Gasteiger partial charge is 0.0702 e. The molecule has 1 aromatic carbocycles. The zero-order chi connectivity index (χ0) is 12.4. The lowest BCUT2D eigenvalue weighted by molar-refractivity contribution is 0.382. The summed E-state index contributed by atoms with van der Waals surface area (Å²) in [5.41, 5.74) is 2.06. The second-order valence-corrected chi connectivity index (χ2v) is 6.31. The highest BCUT2D eigenvalue weighted by Gasteiger charge is 2.19. The van der Waals surface area contributed by atoms with E-state index in [4.69, 9.17) is 0 Å². The van der Waals surface area contributed by atoms with Crippen LogP contribution in [0.2, 0.25) is 0 Å². The average molecular weight is 260 g/mol. The van der Waals surface area contributed by atoms with Crippen molar-refractivity contribution in [3.63, 3.8) is 0 Å². The molecule has 18 heavy (non-hydrogen) atoms. The number of benzene rings is 1. The van der Waals surface area contributed by atoms with Crippen LogP contribution in [0, 0.1) is 5.92 Å². The van der Waals surface area contributed by atoms with Gasteiger partial charge in [-0.1, -0.05) is 18.2 Å². The SMILES string of the molecule is O=S(Cc1cnc2ccccc2c1)CC1CNC1. The molecule has 0 bridgehead atoms. The Morgan fingerprint density at radius 1 is 1.33 bits per heavy atom. The van der Waals surface area contributed by atoms with Gasteiger partial charge in [-0.3, -0.25) is 9.19 Å². The van der Waals surface area contributed by atoms with Crippen molar-refractivity contribution in [3.8, 4) is 0 Å². The monoisotopic (exact) mass is 260 g/mol. The lowest BCUT2D eigenvalue weighted by Crippen LogP contribution is -2.44. The molecule has 0 saturated carbocycles. The second-order valence-electron chi connectivity index (χ2n) is 4.81. The van der Waals surface area contributed by atoms with Gasteiger partial charge in [0.05, 0.1) is 11.3 Å². The van der Waals surface area contributed by atoms with Crippen molar-refractivity contribution in [3.05, 3.63) is 42.1 Å². The minimum absolute atomic E-state index is 0.597. The maximum absolute atomic E-state index is 12.0.